The first-order chi connectivity index (χ1) is 17.8. The summed E-state index contributed by atoms with van der Waals surface area (Å²) in [6.45, 7) is 2.58. The van der Waals surface area contributed by atoms with Gasteiger partial charge < -0.3 is 29.2 Å². The van der Waals surface area contributed by atoms with E-state index in [4.69, 9.17) is 18.9 Å². The number of rotatable bonds is 6. The average molecular weight is 517 g/mol. The zero-order valence-electron chi connectivity index (χ0n) is 21.9. The van der Waals surface area contributed by atoms with Gasteiger partial charge in [-0.25, -0.2) is 4.79 Å². The summed E-state index contributed by atoms with van der Waals surface area (Å²) < 4.78 is 21.7. The molecule has 1 N–H and O–H groups in total. The third-order valence-electron chi connectivity index (χ3n) is 7.37. The molecule has 0 saturated heterocycles. The highest BCUT2D eigenvalue weighted by Gasteiger charge is 2.62. The molecule has 11 nitrogen and oxygen atoms in total. The summed E-state index contributed by atoms with van der Waals surface area (Å²) in [5, 5.41) is 2.98. The maximum Gasteiger partial charge on any atom is 0.332 e. The molecule has 3 aliphatic rings. The largest absolute Gasteiger partial charge is 0.481 e. The van der Waals surface area contributed by atoms with Gasteiger partial charge in [0.1, 0.15) is 11.6 Å². The number of allylic oxidation sites excluding steroid dienone is 1. The number of esters is 1. The van der Waals surface area contributed by atoms with Crippen LogP contribution in [0, 0.1) is 17.8 Å². The number of aromatic nitrogens is 2. The van der Waals surface area contributed by atoms with Crippen molar-refractivity contribution in [1.82, 2.24) is 20.2 Å². The molecule has 0 aromatic carbocycles. The van der Waals surface area contributed by atoms with Crippen LogP contribution in [0.15, 0.2) is 18.2 Å². The summed E-state index contributed by atoms with van der Waals surface area (Å²) in [5.74, 6) is -1.74. The smallest absolute Gasteiger partial charge is 0.332 e. The molecule has 37 heavy (non-hydrogen) atoms. The molecule has 2 aliphatic carbocycles. The molecule has 1 aromatic heterocycles. The first-order valence-corrected chi connectivity index (χ1v) is 12.9. The minimum atomic E-state index is -1.08. The number of hydrogen-bond donors (Lipinski definition) is 1. The van der Waals surface area contributed by atoms with Gasteiger partial charge in [0.25, 0.3) is 0 Å². The fourth-order valence-corrected chi connectivity index (χ4v) is 5.25. The van der Waals surface area contributed by atoms with E-state index >= 15 is 0 Å². The Bertz CT molecular complexity index is 1030. The van der Waals surface area contributed by atoms with Crippen LogP contribution >= 0.6 is 0 Å². The molecule has 5 atom stereocenters. The summed E-state index contributed by atoms with van der Waals surface area (Å²) in [5.41, 5.74) is -1.08. The minimum Gasteiger partial charge on any atom is -0.481 e. The van der Waals surface area contributed by atoms with Crippen LogP contribution in [0.2, 0.25) is 0 Å². The molecule has 4 rings (SSSR count). The van der Waals surface area contributed by atoms with Crippen molar-refractivity contribution >= 4 is 17.8 Å². The number of amides is 2. The summed E-state index contributed by atoms with van der Waals surface area (Å²) in [6.07, 6.45) is 7.35. The minimum absolute atomic E-state index is 0.0868. The first-order valence-electron chi connectivity index (χ1n) is 12.9. The van der Waals surface area contributed by atoms with Crippen molar-refractivity contribution in [3.05, 3.63) is 18.2 Å². The molecule has 202 valence electrons. The Morgan fingerprint density at radius 1 is 1.14 bits per heavy atom. The first kappa shape index (κ1) is 26.7. The van der Waals surface area contributed by atoms with Crippen LogP contribution in [0.3, 0.4) is 0 Å². The number of nitrogens with zero attached hydrogens (tertiary/aromatic N) is 3. The van der Waals surface area contributed by atoms with Crippen LogP contribution in [0.1, 0.15) is 45.4 Å². The molecule has 0 spiro atoms. The predicted octanol–water partition coefficient (Wildman–Crippen LogP) is 1.90. The molecule has 0 radical (unpaired) electrons. The second-order valence-corrected chi connectivity index (χ2v) is 9.83. The van der Waals surface area contributed by atoms with Gasteiger partial charge in [-0.15, -0.1) is 0 Å². The van der Waals surface area contributed by atoms with E-state index in [2.05, 4.69) is 21.4 Å². The van der Waals surface area contributed by atoms with Crippen molar-refractivity contribution < 1.29 is 33.3 Å². The monoisotopic (exact) mass is 516 g/mol. The van der Waals surface area contributed by atoms with E-state index in [0.717, 1.165) is 19.3 Å². The summed E-state index contributed by atoms with van der Waals surface area (Å²) in [6, 6.07) is 1.62. The molecule has 1 aromatic rings. The van der Waals surface area contributed by atoms with Gasteiger partial charge in [-0.2, -0.15) is 9.97 Å². The molecule has 0 unspecified atom stereocenters. The Hall–Kier alpha value is -3.37. The maximum atomic E-state index is 13.6. The van der Waals surface area contributed by atoms with E-state index in [1.807, 2.05) is 6.08 Å². The van der Waals surface area contributed by atoms with Crippen molar-refractivity contribution in [3.8, 4) is 17.8 Å². The van der Waals surface area contributed by atoms with E-state index in [-0.39, 0.29) is 42.1 Å². The lowest BCUT2D eigenvalue weighted by atomic mass is 9.93. The van der Waals surface area contributed by atoms with E-state index in [0.29, 0.717) is 25.8 Å². The van der Waals surface area contributed by atoms with Crippen molar-refractivity contribution in [2.75, 3.05) is 34.4 Å². The highest BCUT2D eigenvalue weighted by atomic mass is 16.5. The summed E-state index contributed by atoms with van der Waals surface area (Å²) in [7, 11) is 4.68. The molecule has 0 bridgehead atoms. The van der Waals surface area contributed by atoms with Gasteiger partial charge in [-0.1, -0.05) is 12.2 Å². The topological polar surface area (TPSA) is 129 Å². The molecular weight excluding hydrogens is 480 g/mol. The zero-order valence-corrected chi connectivity index (χ0v) is 21.9. The lowest BCUT2D eigenvalue weighted by Gasteiger charge is -2.26. The molecule has 1 aliphatic heterocycles. The zero-order chi connectivity index (χ0) is 26.6. The van der Waals surface area contributed by atoms with Crippen molar-refractivity contribution in [3.63, 3.8) is 0 Å². The van der Waals surface area contributed by atoms with E-state index in [9.17, 15) is 14.4 Å². The van der Waals surface area contributed by atoms with Gasteiger partial charge in [-0.3, -0.25) is 9.59 Å². The quantitative estimate of drug-likeness (QED) is 0.445. The molecule has 2 fully saturated rings. The van der Waals surface area contributed by atoms with Crippen LogP contribution in [0.25, 0.3) is 0 Å². The van der Waals surface area contributed by atoms with Crippen LogP contribution in [0.5, 0.6) is 17.8 Å². The highest BCUT2D eigenvalue weighted by Crippen LogP contribution is 2.47. The van der Waals surface area contributed by atoms with Crippen molar-refractivity contribution in [2.24, 2.45) is 17.8 Å². The van der Waals surface area contributed by atoms with E-state index in [1.165, 1.54) is 20.3 Å². The Morgan fingerprint density at radius 3 is 2.62 bits per heavy atom. The highest BCUT2D eigenvalue weighted by molar-refractivity contribution is 5.95. The fraction of sp³-hybridized carbons (Fsp3) is 0.654. The van der Waals surface area contributed by atoms with Crippen LogP contribution < -0.4 is 19.5 Å². The molecule has 11 heteroatoms. The lowest BCUT2D eigenvalue weighted by Crippen LogP contribution is -2.50. The number of carbonyl (C=O) groups excluding carboxylic acids is 3. The average Bonchev–Trinajstić information content (AvgIpc) is 3.42. The van der Waals surface area contributed by atoms with Gasteiger partial charge in [0.2, 0.25) is 23.6 Å². The van der Waals surface area contributed by atoms with Gasteiger partial charge in [-0.05, 0) is 45.4 Å². The van der Waals surface area contributed by atoms with Crippen LogP contribution in [-0.4, -0.2) is 78.7 Å². The summed E-state index contributed by atoms with van der Waals surface area (Å²) >= 11 is 0. The van der Waals surface area contributed by atoms with Gasteiger partial charge in [0.15, 0.2) is 0 Å². The number of ether oxygens (including phenoxy) is 4. The molecule has 2 saturated carbocycles. The van der Waals surface area contributed by atoms with Crippen molar-refractivity contribution in [2.45, 2.75) is 57.1 Å². The van der Waals surface area contributed by atoms with Crippen LogP contribution in [-0.2, 0) is 19.1 Å². The number of methoxy groups -OCH3 is 2. The van der Waals surface area contributed by atoms with Gasteiger partial charge >= 0.3 is 12.0 Å². The van der Waals surface area contributed by atoms with Gasteiger partial charge in [0.05, 0.1) is 38.7 Å². The normalized spacial score (nSPS) is 29.9. The Kier molecular flexibility index (Phi) is 8.19. The Morgan fingerprint density at radius 2 is 1.89 bits per heavy atom. The third kappa shape index (κ3) is 5.80. The molecular formula is C26H36N4O7. The van der Waals surface area contributed by atoms with Crippen molar-refractivity contribution in [1.29, 1.82) is 0 Å². The maximum absolute atomic E-state index is 13.6. The molecule has 2 amide bonds. The fourth-order valence-electron chi connectivity index (χ4n) is 5.25. The second-order valence-electron chi connectivity index (χ2n) is 9.83. The number of nitrogens with one attached hydrogen (secondary N) is 1. The predicted molar refractivity (Wildman–Crippen MR) is 132 cm³/mol. The Balaban J connectivity index is 1.59. The van der Waals surface area contributed by atoms with E-state index < -0.39 is 29.4 Å². The summed E-state index contributed by atoms with van der Waals surface area (Å²) in [4.78, 5) is 50.0. The second kappa shape index (κ2) is 11.4. The SMILES string of the molecule is CCOC(=O)[C@@]12C[C@H]1C=CCCCCN(C)C(=O)[C@@H]1C[C@H](Oc3cc(OC)nc(OC)n3)C[C@H]1C(=O)N2. The number of hydrogen-bond acceptors (Lipinski definition) is 9. The van der Waals surface area contributed by atoms with Crippen LogP contribution in [0.4, 0.5) is 0 Å². The van der Waals surface area contributed by atoms with E-state index in [1.54, 1.807) is 18.9 Å². The van der Waals surface area contributed by atoms with Gasteiger partial charge in [0, 0.05) is 19.5 Å². The standard InChI is InChI=1S/C26H36N4O7/c1-5-36-24(33)26-15-16(26)10-8-6-7-9-11-30(2)23(32)19-13-17(12-18(19)22(31)29-26)37-21-14-20(34-3)27-25(28-21)35-4/h8,10,14,16-19H,5-7,9,11-13,15H2,1-4H3,(H,29,31)/t16-,17-,18-,19-,26-/m1/s1. The number of fused-ring (bicyclic) bond motifs is 2. The Labute approximate surface area is 216 Å². The lowest BCUT2D eigenvalue weighted by molar-refractivity contribution is -0.150. The molecule has 2 heterocycles. The third-order valence-corrected chi connectivity index (χ3v) is 7.37. The number of carbonyl (C=O) groups is 3.